The van der Waals surface area contributed by atoms with Crippen molar-refractivity contribution in [3.63, 3.8) is 0 Å². The van der Waals surface area contributed by atoms with Crippen molar-refractivity contribution in [1.82, 2.24) is 10.2 Å². The van der Waals surface area contributed by atoms with Crippen molar-refractivity contribution in [3.05, 3.63) is 59.2 Å². The molecule has 2 aromatic carbocycles. The Morgan fingerprint density at radius 3 is 2.55 bits per heavy atom. The van der Waals surface area contributed by atoms with E-state index in [-0.39, 0.29) is 23.7 Å². The molecule has 1 saturated heterocycles. The predicted molar refractivity (Wildman–Crippen MR) is 121 cm³/mol. The third-order valence-corrected chi connectivity index (χ3v) is 5.99. The van der Waals surface area contributed by atoms with Crippen LogP contribution in [0.1, 0.15) is 47.2 Å². The fourth-order valence-electron chi connectivity index (χ4n) is 4.18. The first-order chi connectivity index (χ1) is 15.0. The van der Waals surface area contributed by atoms with Crippen molar-refractivity contribution in [3.8, 4) is 11.5 Å². The Labute approximate surface area is 184 Å². The zero-order valence-electron chi connectivity index (χ0n) is 18.8. The Hall–Kier alpha value is -3.02. The van der Waals surface area contributed by atoms with Gasteiger partial charge < -0.3 is 19.7 Å². The van der Waals surface area contributed by atoms with E-state index in [9.17, 15) is 9.59 Å². The van der Waals surface area contributed by atoms with Gasteiger partial charge in [-0.3, -0.25) is 9.59 Å². The van der Waals surface area contributed by atoms with E-state index >= 15 is 0 Å². The summed E-state index contributed by atoms with van der Waals surface area (Å²) in [4.78, 5) is 28.2. The highest BCUT2D eigenvalue weighted by molar-refractivity contribution is 5.96. The Morgan fingerprint density at radius 1 is 1.10 bits per heavy atom. The van der Waals surface area contributed by atoms with E-state index in [2.05, 4.69) is 12.2 Å². The van der Waals surface area contributed by atoms with Gasteiger partial charge in [0.15, 0.2) is 0 Å². The minimum absolute atomic E-state index is 0.0246. The SMILES string of the molecule is CCCCNC(=O)[C@H]1CN(C(=O)c2ccccc2C)C[C@@H]1c1cc(OC)ccc1OC. The summed E-state index contributed by atoms with van der Waals surface area (Å²) in [6, 6.07) is 13.2. The summed E-state index contributed by atoms with van der Waals surface area (Å²) in [7, 11) is 3.23. The van der Waals surface area contributed by atoms with Gasteiger partial charge in [0.05, 0.1) is 20.1 Å². The number of methoxy groups -OCH3 is 2. The highest BCUT2D eigenvalue weighted by Gasteiger charge is 2.42. The summed E-state index contributed by atoms with van der Waals surface area (Å²) >= 11 is 0. The molecule has 0 aliphatic carbocycles. The van der Waals surface area contributed by atoms with Gasteiger partial charge in [-0.05, 0) is 43.2 Å². The van der Waals surface area contributed by atoms with Crippen LogP contribution in [-0.4, -0.2) is 50.6 Å². The van der Waals surface area contributed by atoms with Crippen LogP contribution in [0.15, 0.2) is 42.5 Å². The van der Waals surface area contributed by atoms with E-state index in [4.69, 9.17) is 9.47 Å². The van der Waals surface area contributed by atoms with E-state index in [1.807, 2.05) is 49.4 Å². The molecular formula is C25H32N2O4. The second kappa shape index (κ2) is 10.3. The van der Waals surface area contributed by atoms with Crippen LogP contribution in [0.5, 0.6) is 11.5 Å². The maximum atomic E-state index is 13.3. The maximum Gasteiger partial charge on any atom is 0.254 e. The van der Waals surface area contributed by atoms with Crippen LogP contribution in [0.4, 0.5) is 0 Å². The lowest BCUT2D eigenvalue weighted by Crippen LogP contribution is -2.36. The molecule has 2 atom stereocenters. The number of unbranched alkanes of at least 4 members (excludes halogenated alkanes) is 1. The van der Waals surface area contributed by atoms with E-state index in [0.29, 0.717) is 36.7 Å². The zero-order valence-corrected chi connectivity index (χ0v) is 18.8. The maximum absolute atomic E-state index is 13.3. The number of carbonyl (C=O) groups is 2. The minimum atomic E-state index is -0.356. The molecule has 6 nitrogen and oxygen atoms in total. The monoisotopic (exact) mass is 424 g/mol. The van der Waals surface area contributed by atoms with Gasteiger partial charge in [0.25, 0.3) is 5.91 Å². The second-order valence-corrected chi connectivity index (χ2v) is 7.99. The summed E-state index contributed by atoms with van der Waals surface area (Å²) in [5.74, 6) is 0.787. The molecule has 0 spiro atoms. The first kappa shape index (κ1) is 22.7. The lowest BCUT2D eigenvalue weighted by Gasteiger charge is -2.21. The predicted octanol–water partition coefficient (Wildman–Crippen LogP) is 3.78. The van der Waals surface area contributed by atoms with Gasteiger partial charge in [0.2, 0.25) is 5.91 Å². The molecule has 6 heteroatoms. The average molecular weight is 425 g/mol. The molecule has 0 radical (unpaired) electrons. The summed E-state index contributed by atoms with van der Waals surface area (Å²) in [6.45, 7) is 5.48. The Bertz CT molecular complexity index is 927. The molecule has 2 aromatic rings. The quantitative estimate of drug-likeness (QED) is 0.655. The van der Waals surface area contributed by atoms with Crippen LogP contribution in [0, 0.1) is 12.8 Å². The smallest absolute Gasteiger partial charge is 0.254 e. The first-order valence-electron chi connectivity index (χ1n) is 10.8. The van der Waals surface area contributed by atoms with E-state index in [1.165, 1.54) is 0 Å². The zero-order chi connectivity index (χ0) is 22.4. The average Bonchev–Trinajstić information content (AvgIpc) is 3.24. The molecule has 1 N–H and O–H groups in total. The molecule has 0 bridgehead atoms. The van der Waals surface area contributed by atoms with Crippen LogP contribution >= 0.6 is 0 Å². The molecule has 0 saturated carbocycles. The van der Waals surface area contributed by atoms with E-state index in [1.54, 1.807) is 19.1 Å². The van der Waals surface area contributed by atoms with E-state index < -0.39 is 0 Å². The fraction of sp³-hybridized carbons (Fsp3) is 0.440. The lowest BCUT2D eigenvalue weighted by molar-refractivity contribution is -0.124. The number of nitrogens with zero attached hydrogens (tertiary/aromatic N) is 1. The summed E-state index contributed by atoms with van der Waals surface area (Å²) < 4.78 is 11.0. The molecule has 1 aliphatic heterocycles. The van der Waals surface area contributed by atoms with Gasteiger partial charge in [-0.25, -0.2) is 0 Å². The first-order valence-corrected chi connectivity index (χ1v) is 10.8. The molecule has 166 valence electrons. The number of hydrogen-bond acceptors (Lipinski definition) is 4. The number of benzene rings is 2. The molecule has 1 heterocycles. The van der Waals surface area contributed by atoms with E-state index in [0.717, 1.165) is 24.0 Å². The standard InChI is InChI=1S/C25H32N2O4/c1-5-6-13-26-24(28)22-16-27(25(29)19-10-8-7-9-17(19)2)15-21(22)20-14-18(30-3)11-12-23(20)31-4/h7-12,14,21-22H,5-6,13,15-16H2,1-4H3,(H,26,28)/t21-,22+/m1/s1. The summed E-state index contributed by atoms with van der Waals surface area (Å²) in [6.07, 6.45) is 1.94. The molecule has 1 aliphatic rings. The third-order valence-electron chi connectivity index (χ3n) is 5.99. The van der Waals surface area contributed by atoms with Crippen LogP contribution < -0.4 is 14.8 Å². The number of aryl methyl sites for hydroxylation is 1. The Kier molecular flexibility index (Phi) is 7.55. The normalized spacial score (nSPS) is 18.0. The van der Waals surface area contributed by atoms with Crippen molar-refractivity contribution in [2.75, 3.05) is 33.9 Å². The molecule has 0 aromatic heterocycles. The van der Waals surface area contributed by atoms with Crippen LogP contribution in [-0.2, 0) is 4.79 Å². The van der Waals surface area contributed by atoms with Gasteiger partial charge in [-0.1, -0.05) is 31.5 Å². The van der Waals surface area contributed by atoms with Gasteiger partial charge in [-0.2, -0.15) is 0 Å². The van der Waals surface area contributed by atoms with Crippen LogP contribution in [0.3, 0.4) is 0 Å². The van der Waals surface area contributed by atoms with Crippen LogP contribution in [0.25, 0.3) is 0 Å². The Balaban J connectivity index is 1.94. The highest BCUT2D eigenvalue weighted by atomic mass is 16.5. The lowest BCUT2D eigenvalue weighted by atomic mass is 9.87. The highest BCUT2D eigenvalue weighted by Crippen LogP contribution is 2.40. The van der Waals surface area contributed by atoms with Gasteiger partial charge >= 0.3 is 0 Å². The minimum Gasteiger partial charge on any atom is -0.497 e. The molecule has 3 rings (SSSR count). The number of nitrogens with one attached hydrogen (secondary N) is 1. The molecular weight excluding hydrogens is 392 g/mol. The molecule has 31 heavy (non-hydrogen) atoms. The van der Waals surface area contributed by atoms with Crippen molar-refractivity contribution in [2.24, 2.45) is 5.92 Å². The largest absolute Gasteiger partial charge is 0.497 e. The van der Waals surface area contributed by atoms with Crippen molar-refractivity contribution >= 4 is 11.8 Å². The summed E-state index contributed by atoms with van der Waals surface area (Å²) in [5.41, 5.74) is 2.49. The Morgan fingerprint density at radius 2 is 1.87 bits per heavy atom. The number of rotatable bonds is 8. The molecule has 1 fully saturated rings. The van der Waals surface area contributed by atoms with Gasteiger partial charge in [0, 0.05) is 36.7 Å². The number of likely N-dealkylation sites (tertiary alicyclic amines) is 1. The van der Waals surface area contributed by atoms with Gasteiger partial charge in [-0.15, -0.1) is 0 Å². The topological polar surface area (TPSA) is 67.9 Å². The third kappa shape index (κ3) is 5.01. The van der Waals surface area contributed by atoms with Gasteiger partial charge in [0.1, 0.15) is 11.5 Å². The van der Waals surface area contributed by atoms with Crippen molar-refractivity contribution in [2.45, 2.75) is 32.6 Å². The number of amides is 2. The van der Waals surface area contributed by atoms with Crippen LogP contribution in [0.2, 0.25) is 0 Å². The molecule has 0 unspecified atom stereocenters. The number of hydrogen-bond donors (Lipinski definition) is 1. The number of carbonyl (C=O) groups excluding carboxylic acids is 2. The fourth-order valence-corrected chi connectivity index (χ4v) is 4.18. The van der Waals surface area contributed by atoms with Crippen molar-refractivity contribution in [1.29, 1.82) is 0 Å². The summed E-state index contributed by atoms with van der Waals surface area (Å²) in [5, 5.41) is 3.05. The van der Waals surface area contributed by atoms with Crippen molar-refractivity contribution < 1.29 is 19.1 Å². The molecule has 2 amide bonds. The second-order valence-electron chi connectivity index (χ2n) is 7.99. The number of ether oxygens (including phenoxy) is 2.